The van der Waals surface area contributed by atoms with Crippen molar-refractivity contribution in [3.8, 4) is 17.2 Å². The molecule has 0 N–H and O–H groups in total. The zero-order valence-electron chi connectivity index (χ0n) is 25.4. The molecule has 1 unspecified atom stereocenters. The summed E-state index contributed by atoms with van der Waals surface area (Å²) in [6.45, 7) is 7.42. The second-order valence-corrected chi connectivity index (χ2v) is 12.2. The normalized spacial score (nSPS) is 16.9. The van der Waals surface area contributed by atoms with Crippen molar-refractivity contribution in [1.82, 2.24) is 14.1 Å². The Bertz CT molecular complexity index is 1850. The fourth-order valence-corrected chi connectivity index (χ4v) is 5.96. The van der Waals surface area contributed by atoms with Crippen LogP contribution in [0.2, 0.25) is 0 Å². The average Bonchev–Trinajstić information content (AvgIpc) is 3.24. The van der Waals surface area contributed by atoms with Crippen LogP contribution in [0.5, 0.6) is 11.5 Å². The van der Waals surface area contributed by atoms with Crippen molar-refractivity contribution in [2.75, 3.05) is 11.4 Å². The maximum absolute atomic E-state index is 8.10. The second-order valence-electron chi connectivity index (χ2n) is 11.2. The molecule has 1 aliphatic rings. The predicted octanol–water partition coefficient (Wildman–Crippen LogP) is 7.46. The zero-order valence-corrected chi connectivity index (χ0v) is 24.7. The van der Waals surface area contributed by atoms with Crippen LogP contribution in [0.15, 0.2) is 72.9 Å². The van der Waals surface area contributed by atoms with Gasteiger partial charge >= 0.3 is 195 Å². The molecule has 0 radical (unpaired) electrons. The van der Waals surface area contributed by atoms with Crippen LogP contribution in [0, 0.1) is 21.9 Å². The number of rotatable bonds is 4. The summed E-state index contributed by atoms with van der Waals surface area (Å²) >= 11 is 2.06. The van der Waals surface area contributed by atoms with Crippen molar-refractivity contribution < 1.29 is 28.2 Å². The molecule has 5 aromatic rings. The summed E-state index contributed by atoms with van der Waals surface area (Å²) in [7, 11) is 0. The van der Waals surface area contributed by atoms with Gasteiger partial charge in [0, 0.05) is 6.20 Å². The minimum absolute atomic E-state index is 0.0170. The van der Waals surface area contributed by atoms with Gasteiger partial charge in [-0.05, 0) is 17.0 Å². The molecule has 2 aromatic heterocycles. The third kappa shape index (κ3) is 4.89. The van der Waals surface area contributed by atoms with Gasteiger partial charge < -0.3 is 0 Å². The van der Waals surface area contributed by atoms with Crippen LogP contribution in [-0.2, 0) is 38.2 Å². The van der Waals surface area contributed by atoms with Gasteiger partial charge in [-0.3, -0.25) is 0 Å². The Hall–Kier alpha value is -3.43. The van der Waals surface area contributed by atoms with E-state index in [9.17, 15) is 0 Å². The quantitative estimate of drug-likeness (QED) is 0.183. The number of ether oxygens (including phenoxy) is 1. The van der Waals surface area contributed by atoms with E-state index in [1.807, 2.05) is 59.3 Å². The van der Waals surface area contributed by atoms with E-state index in [0.717, 1.165) is 30.0 Å². The molecule has 0 fully saturated rings. The van der Waals surface area contributed by atoms with E-state index in [2.05, 4.69) is 82.3 Å². The van der Waals surface area contributed by atoms with Crippen LogP contribution >= 0.6 is 0 Å². The Labute approximate surface area is 245 Å². The first-order valence-corrected chi connectivity index (χ1v) is 14.2. The molecule has 39 heavy (non-hydrogen) atoms. The Balaban J connectivity index is 1.37. The van der Waals surface area contributed by atoms with E-state index in [1.54, 1.807) is 0 Å². The van der Waals surface area contributed by atoms with Gasteiger partial charge in [0.05, 0.1) is 0 Å². The van der Waals surface area contributed by atoms with Gasteiger partial charge in [0.15, 0.2) is 0 Å². The second kappa shape index (κ2) is 9.95. The van der Waals surface area contributed by atoms with Gasteiger partial charge in [0.2, 0.25) is 0 Å². The molecule has 3 heterocycles. The molecule has 1 atom stereocenters. The number of fused-ring (bicyclic) bond motifs is 2. The molecule has 3 aromatic carbocycles. The molecular weight excluding hydrogens is 663 g/mol. The van der Waals surface area contributed by atoms with Crippen molar-refractivity contribution >= 4 is 22.5 Å². The van der Waals surface area contributed by atoms with E-state index < -0.39 is 6.98 Å². The van der Waals surface area contributed by atoms with Crippen LogP contribution in [0.4, 0.5) is 11.5 Å². The molecule has 0 aliphatic carbocycles. The van der Waals surface area contributed by atoms with Gasteiger partial charge in [-0.15, -0.1) is 0 Å². The first-order chi connectivity index (χ1) is 19.9. The summed E-state index contributed by atoms with van der Waals surface area (Å²) in [5, 5.41) is 0. The molecule has 0 saturated heterocycles. The predicted molar refractivity (Wildman–Crippen MR) is 152 cm³/mol. The van der Waals surface area contributed by atoms with E-state index >= 15 is 0 Å². The van der Waals surface area contributed by atoms with Crippen LogP contribution in [0.25, 0.3) is 16.7 Å². The fourth-order valence-electron chi connectivity index (χ4n) is 5.14. The molecule has 0 bridgehead atoms. The fraction of sp³-hybridized carbons (Fsp3) is 0.273. The summed E-state index contributed by atoms with van der Waals surface area (Å²) in [6, 6.07) is 28.3. The van der Waals surface area contributed by atoms with Crippen LogP contribution < -0.4 is 9.64 Å². The van der Waals surface area contributed by atoms with Crippen molar-refractivity contribution in [2.45, 2.75) is 39.5 Å². The van der Waals surface area contributed by atoms with Gasteiger partial charge in [0.1, 0.15) is 0 Å². The van der Waals surface area contributed by atoms with Gasteiger partial charge in [-0.2, -0.15) is 0 Å². The summed E-state index contributed by atoms with van der Waals surface area (Å²) in [5.41, 5.74) is 5.54. The Morgan fingerprint density at radius 2 is 1.79 bits per heavy atom. The van der Waals surface area contributed by atoms with Crippen molar-refractivity contribution in [3.63, 3.8) is 0 Å². The van der Waals surface area contributed by atoms with Gasteiger partial charge in [0.25, 0.3) is 0 Å². The monoisotopic (exact) mass is 698 g/mol. The maximum atomic E-state index is 8.10. The number of hydrogen-bond donors (Lipinski definition) is 0. The average molecular weight is 699 g/mol. The van der Waals surface area contributed by atoms with E-state index in [0.29, 0.717) is 32.4 Å². The first kappa shape index (κ1) is 22.4. The molecule has 0 spiro atoms. The van der Waals surface area contributed by atoms with Crippen molar-refractivity contribution in [2.24, 2.45) is 12.9 Å². The number of para-hydroxylation sites is 2. The third-order valence-electron chi connectivity index (χ3n) is 7.12. The number of aryl methyl sites for hydroxylation is 1. The van der Waals surface area contributed by atoms with Crippen LogP contribution in [0.3, 0.4) is 0 Å². The molecule has 6 heteroatoms. The standard InChI is InChI=1S/C33H32N4O.Pt/c1-23-17-24-13-14-28(20-31(24)36(21-23)32-18-25(15-16-34-32)33(2,3)4)38-27-10-8-9-26(19-27)37-22-35(5)29-11-6-7-12-30(29)37;/h6-16,18,23H,17,21H2,1-5H3;/q-2;/i5D3;. The molecule has 5 nitrogen and oxygen atoms in total. The molecule has 0 saturated carbocycles. The number of pyridine rings is 1. The topological polar surface area (TPSA) is 35.2 Å². The molecule has 0 amide bonds. The number of imidazole rings is 1. The van der Waals surface area contributed by atoms with Gasteiger partial charge in [-0.1, -0.05) is 27.7 Å². The third-order valence-corrected chi connectivity index (χ3v) is 8.14. The molecular formula is C33H32N4OPt-2. The zero-order chi connectivity index (χ0) is 29.8. The number of benzene rings is 3. The van der Waals surface area contributed by atoms with Crippen molar-refractivity contribution in [1.29, 1.82) is 0 Å². The number of aromatic nitrogens is 3. The Morgan fingerprint density at radius 1 is 1.00 bits per heavy atom. The molecule has 6 rings (SSSR count). The summed E-state index contributed by atoms with van der Waals surface area (Å²) < 4.78 is 34.5. The minimum atomic E-state index is -2.32. The van der Waals surface area contributed by atoms with E-state index in [4.69, 9.17) is 13.8 Å². The Morgan fingerprint density at radius 3 is 2.59 bits per heavy atom. The molecule has 202 valence electrons. The van der Waals surface area contributed by atoms with E-state index in [1.165, 1.54) is 15.7 Å². The van der Waals surface area contributed by atoms with Crippen molar-refractivity contribution in [3.05, 3.63) is 100.0 Å². The summed E-state index contributed by atoms with van der Waals surface area (Å²) in [4.78, 5) is 6.98. The summed E-state index contributed by atoms with van der Waals surface area (Å²) in [5.74, 6) is 2.48. The van der Waals surface area contributed by atoms with E-state index in [-0.39, 0.29) is 5.41 Å². The van der Waals surface area contributed by atoms with Crippen LogP contribution in [0.1, 0.15) is 42.9 Å². The van der Waals surface area contributed by atoms with Gasteiger partial charge in [-0.25, -0.2) is 0 Å². The number of hydrogen-bond acceptors (Lipinski definition) is 3. The number of nitrogens with zero attached hydrogens (tertiary/aromatic N) is 4. The number of anilines is 2. The SMILES string of the molecule is [2H]C([2H])([2H])n1[c](=[Pt])n(-c2[c-]c(Oc3[c-]c4c(cc3)CC(C)CN4c3cc(C(C)(C)C)ccn3)ccc2)c2ccccc21. The summed E-state index contributed by atoms with van der Waals surface area (Å²) in [6.07, 6.45) is 2.85. The Kier molecular flexibility index (Phi) is 5.71. The van der Waals surface area contributed by atoms with Crippen LogP contribution in [-0.4, -0.2) is 20.7 Å². The first-order valence-electron chi connectivity index (χ1n) is 14.6. The molecule has 1 aliphatic heterocycles.